The molecule has 0 saturated heterocycles. The van der Waals surface area contributed by atoms with Crippen molar-refractivity contribution in [3.63, 3.8) is 0 Å². The molecular formula is C8H3F2I5O4S. The van der Waals surface area contributed by atoms with Crippen LogP contribution in [-0.2, 0) is 10.1 Å². The summed E-state index contributed by atoms with van der Waals surface area (Å²) in [6.45, 7) is -1.44. The van der Waals surface area contributed by atoms with E-state index in [-0.39, 0.29) is 5.75 Å². The van der Waals surface area contributed by atoms with E-state index in [0.29, 0.717) is 7.14 Å². The number of benzene rings is 1. The lowest BCUT2D eigenvalue weighted by Gasteiger charge is -2.18. The molecule has 0 atom stereocenters. The fourth-order valence-corrected chi connectivity index (χ4v) is 6.17. The lowest BCUT2D eigenvalue weighted by molar-refractivity contribution is 0.0281. The van der Waals surface area contributed by atoms with Crippen LogP contribution < -0.4 is 4.74 Å². The van der Waals surface area contributed by atoms with Crippen molar-refractivity contribution in [1.82, 2.24) is 0 Å². The van der Waals surface area contributed by atoms with Gasteiger partial charge in [-0.2, -0.15) is 17.2 Å². The van der Waals surface area contributed by atoms with Crippen molar-refractivity contribution in [2.45, 2.75) is 5.25 Å². The molecule has 20 heavy (non-hydrogen) atoms. The van der Waals surface area contributed by atoms with E-state index in [2.05, 4.69) is 67.8 Å². The molecule has 0 aliphatic carbocycles. The van der Waals surface area contributed by atoms with Crippen molar-refractivity contribution in [3.8, 4) is 5.75 Å². The van der Waals surface area contributed by atoms with Crippen LogP contribution in [-0.4, -0.2) is 24.8 Å². The third kappa shape index (κ3) is 4.50. The molecular weight excluding hydrogens is 865 g/mol. The van der Waals surface area contributed by atoms with E-state index in [9.17, 15) is 17.2 Å². The van der Waals surface area contributed by atoms with E-state index in [1.165, 1.54) is 0 Å². The zero-order valence-electron chi connectivity index (χ0n) is 8.93. The smallest absolute Gasteiger partial charge is 0.402 e. The molecule has 0 fully saturated rings. The molecule has 1 aromatic carbocycles. The highest BCUT2D eigenvalue weighted by Crippen LogP contribution is 2.39. The van der Waals surface area contributed by atoms with Crippen molar-refractivity contribution in [2.24, 2.45) is 0 Å². The number of alkyl halides is 2. The van der Waals surface area contributed by atoms with Gasteiger partial charge in [0, 0.05) is 10.7 Å². The van der Waals surface area contributed by atoms with Crippen LogP contribution in [0.4, 0.5) is 8.78 Å². The summed E-state index contributed by atoms with van der Waals surface area (Å²) in [6, 6.07) is 0. The zero-order chi connectivity index (χ0) is 15.9. The van der Waals surface area contributed by atoms with Gasteiger partial charge in [-0.15, -0.1) is 0 Å². The number of rotatable bonds is 4. The molecule has 0 aliphatic rings. The van der Waals surface area contributed by atoms with Crippen molar-refractivity contribution < 1.29 is 26.5 Å². The molecule has 0 saturated carbocycles. The molecule has 0 radical (unpaired) electrons. The van der Waals surface area contributed by atoms with E-state index in [0.717, 1.165) is 10.7 Å². The SMILES string of the molecule is O=S(=O)(O)C(F)(F)COc1c(I)c(I)c(I)c(I)c1I. The highest BCUT2D eigenvalue weighted by Gasteiger charge is 2.45. The Labute approximate surface area is 182 Å². The number of hydrogen-bond donors (Lipinski definition) is 1. The first-order valence-corrected chi connectivity index (χ1v) is 11.2. The second-order valence-electron chi connectivity index (χ2n) is 3.30. The van der Waals surface area contributed by atoms with Gasteiger partial charge in [-0.05, 0) is 113 Å². The quantitative estimate of drug-likeness (QED) is 0.209. The average molecular weight is 868 g/mol. The first-order chi connectivity index (χ1) is 8.90. The van der Waals surface area contributed by atoms with E-state index in [4.69, 9.17) is 9.29 Å². The fourth-order valence-electron chi connectivity index (χ4n) is 0.942. The summed E-state index contributed by atoms with van der Waals surface area (Å²) in [5.41, 5.74) is 0. The number of ether oxygens (including phenoxy) is 1. The Morgan fingerprint density at radius 1 is 0.950 bits per heavy atom. The second-order valence-corrected chi connectivity index (χ2v) is 10.2. The Hall–Kier alpha value is 2.44. The fraction of sp³-hybridized carbons (Fsp3) is 0.250. The third-order valence-corrected chi connectivity index (χ3v) is 12.2. The maximum absolute atomic E-state index is 13.2. The molecule has 4 nitrogen and oxygen atoms in total. The molecule has 0 bridgehead atoms. The third-order valence-electron chi connectivity index (χ3n) is 1.93. The van der Waals surface area contributed by atoms with Crippen LogP contribution in [0.3, 0.4) is 0 Å². The Kier molecular flexibility index (Phi) is 7.73. The van der Waals surface area contributed by atoms with E-state index in [1.807, 2.05) is 45.2 Å². The summed E-state index contributed by atoms with van der Waals surface area (Å²) < 4.78 is 64.7. The van der Waals surface area contributed by atoms with Gasteiger partial charge in [0.05, 0.1) is 7.14 Å². The van der Waals surface area contributed by atoms with Crippen molar-refractivity contribution in [3.05, 3.63) is 17.9 Å². The summed E-state index contributed by atoms with van der Waals surface area (Å²) in [7, 11) is -5.50. The van der Waals surface area contributed by atoms with Crippen LogP contribution in [0.15, 0.2) is 0 Å². The van der Waals surface area contributed by atoms with Crippen LogP contribution in [0.1, 0.15) is 0 Å². The molecule has 0 heterocycles. The number of halogens is 7. The van der Waals surface area contributed by atoms with Gasteiger partial charge in [-0.3, -0.25) is 4.55 Å². The summed E-state index contributed by atoms with van der Waals surface area (Å²) in [4.78, 5) is 0. The molecule has 114 valence electrons. The lowest BCUT2D eigenvalue weighted by atomic mass is 10.3. The number of hydrogen-bond acceptors (Lipinski definition) is 3. The Bertz CT molecular complexity index is 620. The molecule has 0 unspecified atom stereocenters. The zero-order valence-corrected chi connectivity index (χ0v) is 20.5. The maximum Gasteiger partial charge on any atom is 0.402 e. The van der Waals surface area contributed by atoms with E-state index >= 15 is 0 Å². The Morgan fingerprint density at radius 2 is 1.30 bits per heavy atom. The van der Waals surface area contributed by atoms with Crippen molar-refractivity contribution >= 4 is 123 Å². The summed E-state index contributed by atoms with van der Waals surface area (Å²) in [5, 5.41) is -4.35. The first-order valence-electron chi connectivity index (χ1n) is 4.39. The van der Waals surface area contributed by atoms with Gasteiger partial charge < -0.3 is 4.74 Å². The van der Waals surface area contributed by atoms with Gasteiger partial charge in [0.2, 0.25) is 0 Å². The van der Waals surface area contributed by atoms with Gasteiger partial charge in [-0.1, -0.05) is 0 Å². The minimum absolute atomic E-state index is 0.184. The van der Waals surface area contributed by atoms with Crippen LogP contribution in [0.5, 0.6) is 5.75 Å². The van der Waals surface area contributed by atoms with Gasteiger partial charge >= 0.3 is 15.4 Å². The monoisotopic (exact) mass is 867 g/mol. The molecule has 0 aliphatic heterocycles. The first kappa shape index (κ1) is 20.5. The molecule has 0 amide bonds. The normalized spacial score (nSPS) is 12.6. The van der Waals surface area contributed by atoms with Crippen LogP contribution in [0.2, 0.25) is 0 Å². The molecule has 0 aromatic heterocycles. The van der Waals surface area contributed by atoms with Gasteiger partial charge in [0.25, 0.3) is 0 Å². The Balaban J connectivity index is 3.19. The molecule has 1 N–H and O–H groups in total. The minimum Gasteiger partial charge on any atom is -0.484 e. The lowest BCUT2D eigenvalue weighted by Crippen LogP contribution is -2.35. The van der Waals surface area contributed by atoms with Crippen molar-refractivity contribution in [2.75, 3.05) is 6.61 Å². The average Bonchev–Trinajstić information content (AvgIpc) is 2.32. The molecule has 12 heteroatoms. The minimum atomic E-state index is -5.50. The van der Waals surface area contributed by atoms with Crippen LogP contribution in [0, 0.1) is 17.9 Å². The molecule has 1 rings (SSSR count). The summed E-state index contributed by atoms with van der Waals surface area (Å²) in [5.74, 6) is 0.184. The largest absolute Gasteiger partial charge is 0.484 e. The standard InChI is InChI=1S/C8H3F2I5O4S/c9-8(10,20(16,17)18)1-19-7-5(14)3(12)2(11)4(13)6(7)15/h1H2,(H,16,17,18). The van der Waals surface area contributed by atoms with Crippen molar-refractivity contribution in [1.29, 1.82) is 0 Å². The van der Waals surface area contributed by atoms with E-state index < -0.39 is 22.0 Å². The topological polar surface area (TPSA) is 63.6 Å². The maximum atomic E-state index is 13.2. The van der Waals surface area contributed by atoms with Gasteiger partial charge in [0.1, 0.15) is 5.75 Å². The summed E-state index contributed by atoms with van der Waals surface area (Å²) in [6.07, 6.45) is 0. The predicted octanol–water partition coefficient (Wildman–Crippen LogP) is 4.57. The molecule has 0 spiro atoms. The summed E-state index contributed by atoms with van der Waals surface area (Å²) >= 11 is 10.1. The molecule has 1 aromatic rings. The van der Waals surface area contributed by atoms with Gasteiger partial charge in [-0.25, -0.2) is 0 Å². The predicted molar refractivity (Wildman–Crippen MR) is 112 cm³/mol. The van der Waals surface area contributed by atoms with E-state index in [1.54, 1.807) is 0 Å². The highest BCUT2D eigenvalue weighted by molar-refractivity contribution is 14.1. The highest BCUT2D eigenvalue weighted by atomic mass is 127. The van der Waals surface area contributed by atoms with Gasteiger partial charge in [0.15, 0.2) is 6.61 Å². The second kappa shape index (κ2) is 7.55. The van der Waals surface area contributed by atoms with Crippen LogP contribution in [0.25, 0.3) is 0 Å². The van der Waals surface area contributed by atoms with Crippen LogP contribution >= 0.6 is 113 Å². The Morgan fingerprint density at radius 3 is 1.65 bits per heavy atom.